The lowest BCUT2D eigenvalue weighted by molar-refractivity contribution is -0.131. The number of amides is 2. The summed E-state index contributed by atoms with van der Waals surface area (Å²) in [6.07, 6.45) is -0.0503. The molecule has 46 heavy (non-hydrogen) atoms. The van der Waals surface area contributed by atoms with Crippen molar-refractivity contribution in [2.75, 3.05) is 20.3 Å². The van der Waals surface area contributed by atoms with Crippen LogP contribution in [0, 0.1) is 5.92 Å². The minimum absolute atomic E-state index is 0.122. The molecule has 1 aromatic heterocycles. The summed E-state index contributed by atoms with van der Waals surface area (Å²) < 4.78 is 33.7. The van der Waals surface area contributed by atoms with Gasteiger partial charge in [-0.3, -0.25) is 4.79 Å². The van der Waals surface area contributed by atoms with Gasteiger partial charge in [0.15, 0.2) is 0 Å². The second-order valence-electron chi connectivity index (χ2n) is 11.4. The molecule has 0 saturated heterocycles. The van der Waals surface area contributed by atoms with Crippen LogP contribution in [-0.4, -0.2) is 61.0 Å². The van der Waals surface area contributed by atoms with Crippen LogP contribution >= 0.6 is 11.3 Å². The van der Waals surface area contributed by atoms with Crippen molar-refractivity contribution in [1.82, 2.24) is 9.21 Å². The first kappa shape index (κ1) is 35.0. The van der Waals surface area contributed by atoms with Crippen molar-refractivity contribution in [2.24, 2.45) is 11.7 Å². The van der Waals surface area contributed by atoms with E-state index < -0.39 is 40.7 Å². The molecule has 0 fully saturated rings. The largest absolute Gasteiger partial charge is 0.452 e. The average Bonchev–Trinajstić information content (AvgIpc) is 3.53. The molecule has 244 valence electrons. The fourth-order valence-corrected chi connectivity index (χ4v) is 7.68. The van der Waals surface area contributed by atoms with E-state index in [1.165, 1.54) is 34.9 Å². The lowest BCUT2D eigenvalue weighted by Gasteiger charge is -2.30. The number of sulfonamides is 1. The Labute approximate surface area is 275 Å². The molecule has 0 saturated carbocycles. The first-order chi connectivity index (χ1) is 22.0. The number of nitrogens with zero attached hydrogens (tertiary/aromatic N) is 2. The van der Waals surface area contributed by atoms with Crippen molar-refractivity contribution >= 4 is 33.4 Å². The number of aliphatic hydroxyl groups is 1. The van der Waals surface area contributed by atoms with E-state index in [-0.39, 0.29) is 30.3 Å². The molecule has 0 aliphatic rings. The summed E-state index contributed by atoms with van der Waals surface area (Å²) in [4.78, 5) is 28.0. The van der Waals surface area contributed by atoms with Crippen molar-refractivity contribution < 1.29 is 27.9 Å². The second-order valence-corrected chi connectivity index (χ2v) is 14.3. The SMILES string of the molecule is COC(=O)N(Cc1cc(C(CO)N(CCC(C)C)S(=O)(=O)c2ccccc2)cs1)C(=O)[C@@H](N)Cc1cccc(-c2ccccc2)c1. The van der Waals surface area contributed by atoms with E-state index in [9.17, 15) is 23.1 Å². The molecular formula is C35H41N3O6S2. The number of methoxy groups -OCH3 is 1. The van der Waals surface area contributed by atoms with E-state index in [1.807, 2.05) is 68.4 Å². The van der Waals surface area contributed by atoms with Crippen LogP contribution in [-0.2, 0) is 32.5 Å². The summed E-state index contributed by atoms with van der Waals surface area (Å²) in [5.74, 6) is -0.369. The molecule has 0 bridgehead atoms. The topological polar surface area (TPSA) is 130 Å². The van der Waals surface area contributed by atoms with Crippen LogP contribution in [0.15, 0.2) is 101 Å². The third-order valence-corrected chi connectivity index (χ3v) is 10.5. The molecule has 9 nitrogen and oxygen atoms in total. The van der Waals surface area contributed by atoms with E-state index in [0.717, 1.165) is 21.6 Å². The number of nitrogens with two attached hydrogens (primary N) is 1. The summed E-state index contributed by atoms with van der Waals surface area (Å²) in [6.45, 7) is 3.65. The maximum Gasteiger partial charge on any atom is 0.416 e. The van der Waals surface area contributed by atoms with E-state index in [4.69, 9.17) is 10.5 Å². The van der Waals surface area contributed by atoms with Crippen molar-refractivity contribution in [3.8, 4) is 11.1 Å². The van der Waals surface area contributed by atoms with Crippen LogP contribution in [0.5, 0.6) is 0 Å². The maximum absolute atomic E-state index is 13.7. The highest BCUT2D eigenvalue weighted by Gasteiger charge is 2.34. The van der Waals surface area contributed by atoms with Crippen LogP contribution in [0.4, 0.5) is 4.79 Å². The molecule has 11 heteroatoms. The van der Waals surface area contributed by atoms with Crippen LogP contribution in [0.2, 0.25) is 0 Å². The fraction of sp³-hybridized carbons (Fsp3) is 0.314. The van der Waals surface area contributed by atoms with E-state index in [2.05, 4.69) is 0 Å². The Morgan fingerprint density at radius 2 is 1.59 bits per heavy atom. The predicted octanol–water partition coefficient (Wildman–Crippen LogP) is 5.85. The molecule has 2 amide bonds. The summed E-state index contributed by atoms with van der Waals surface area (Å²) in [7, 11) is -2.75. The molecule has 4 aromatic rings. The zero-order valence-electron chi connectivity index (χ0n) is 26.3. The molecule has 0 radical (unpaired) electrons. The molecular weight excluding hydrogens is 623 g/mol. The summed E-state index contributed by atoms with van der Waals surface area (Å²) in [5, 5.41) is 12.2. The standard InChI is InChI=1S/C35H41N3O6S2/c1-25(2)17-18-38(46(42,43)31-15-8-5-9-16-31)33(23-39)29-21-30(45-24-29)22-37(35(41)44-3)34(40)32(36)20-26-11-10-14-28(19-26)27-12-6-4-7-13-27/h4-16,19,21,24-25,32-33,39H,17-18,20,22-23,36H2,1-3H3/t32-,33?/m0/s1. The molecule has 0 aliphatic carbocycles. The zero-order valence-corrected chi connectivity index (χ0v) is 27.9. The van der Waals surface area contributed by atoms with Crippen LogP contribution in [0.3, 0.4) is 0 Å². The molecule has 1 heterocycles. The van der Waals surface area contributed by atoms with Crippen molar-refractivity contribution in [3.63, 3.8) is 0 Å². The molecule has 0 spiro atoms. The maximum atomic E-state index is 13.7. The van der Waals surface area contributed by atoms with Gasteiger partial charge >= 0.3 is 6.09 Å². The first-order valence-electron chi connectivity index (χ1n) is 15.1. The van der Waals surface area contributed by atoms with Gasteiger partial charge in [-0.05, 0) is 64.6 Å². The van der Waals surface area contributed by atoms with Gasteiger partial charge in [-0.1, -0.05) is 86.6 Å². The Morgan fingerprint density at radius 3 is 2.22 bits per heavy atom. The normalized spacial score (nSPS) is 13.0. The highest BCUT2D eigenvalue weighted by molar-refractivity contribution is 7.89. The number of carbonyl (C=O) groups excluding carboxylic acids is 2. The van der Waals surface area contributed by atoms with Gasteiger partial charge in [0.2, 0.25) is 15.9 Å². The fourth-order valence-electron chi connectivity index (χ4n) is 5.12. The third-order valence-electron chi connectivity index (χ3n) is 7.64. The number of ether oxygens (including phenoxy) is 1. The molecule has 0 aliphatic heterocycles. The van der Waals surface area contributed by atoms with Gasteiger partial charge in [0.25, 0.3) is 0 Å². The van der Waals surface area contributed by atoms with Gasteiger partial charge in [0, 0.05) is 11.4 Å². The predicted molar refractivity (Wildman–Crippen MR) is 180 cm³/mol. The Morgan fingerprint density at radius 1 is 0.935 bits per heavy atom. The minimum Gasteiger partial charge on any atom is -0.452 e. The van der Waals surface area contributed by atoms with Gasteiger partial charge in [0.05, 0.1) is 37.2 Å². The van der Waals surface area contributed by atoms with Gasteiger partial charge in [-0.2, -0.15) is 4.31 Å². The Hall–Kier alpha value is -3.87. The molecule has 2 atom stereocenters. The number of hydrogen-bond acceptors (Lipinski definition) is 8. The number of aliphatic hydroxyl groups excluding tert-OH is 1. The summed E-state index contributed by atoms with van der Waals surface area (Å²) in [5.41, 5.74) is 9.79. The van der Waals surface area contributed by atoms with Gasteiger partial charge in [-0.25, -0.2) is 18.1 Å². The summed E-state index contributed by atoms with van der Waals surface area (Å²) >= 11 is 1.26. The number of imide groups is 1. The number of carbonyl (C=O) groups is 2. The van der Waals surface area contributed by atoms with Gasteiger partial charge < -0.3 is 15.6 Å². The summed E-state index contributed by atoms with van der Waals surface area (Å²) in [6, 6.07) is 25.6. The van der Waals surface area contributed by atoms with Crippen molar-refractivity contribution in [1.29, 1.82) is 0 Å². The highest BCUT2D eigenvalue weighted by Crippen LogP contribution is 2.32. The van der Waals surface area contributed by atoms with Gasteiger partial charge in [0.1, 0.15) is 0 Å². The number of rotatable bonds is 14. The zero-order chi connectivity index (χ0) is 33.3. The molecule has 4 rings (SSSR count). The molecule has 3 N–H and O–H groups in total. The lowest BCUT2D eigenvalue weighted by atomic mass is 9.99. The minimum atomic E-state index is -3.94. The smallest absolute Gasteiger partial charge is 0.416 e. The Balaban J connectivity index is 1.55. The number of benzene rings is 3. The van der Waals surface area contributed by atoms with E-state index in [1.54, 1.807) is 29.6 Å². The molecule has 1 unspecified atom stereocenters. The Kier molecular flexibility index (Phi) is 12.3. The van der Waals surface area contributed by atoms with Gasteiger partial charge in [-0.15, -0.1) is 11.3 Å². The first-order valence-corrected chi connectivity index (χ1v) is 17.4. The van der Waals surface area contributed by atoms with Crippen LogP contribution in [0.25, 0.3) is 11.1 Å². The van der Waals surface area contributed by atoms with Crippen LogP contribution in [0.1, 0.15) is 42.3 Å². The third kappa shape index (κ3) is 8.68. The van der Waals surface area contributed by atoms with Crippen molar-refractivity contribution in [2.45, 2.75) is 50.2 Å². The van der Waals surface area contributed by atoms with E-state index in [0.29, 0.717) is 16.9 Å². The monoisotopic (exact) mass is 663 g/mol. The Bertz CT molecular complexity index is 1690. The second kappa shape index (κ2) is 16.1. The number of hydrogen-bond donors (Lipinski definition) is 2. The number of thiophene rings is 1. The quantitative estimate of drug-likeness (QED) is 0.173. The highest BCUT2D eigenvalue weighted by atomic mass is 32.2. The molecule has 3 aromatic carbocycles. The van der Waals surface area contributed by atoms with E-state index >= 15 is 0 Å². The van der Waals surface area contributed by atoms with Crippen LogP contribution < -0.4 is 5.73 Å². The van der Waals surface area contributed by atoms with Crippen molar-refractivity contribution in [3.05, 3.63) is 112 Å². The lowest BCUT2D eigenvalue weighted by Crippen LogP contribution is -2.47. The average molecular weight is 664 g/mol.